The second-order valence-corrected chi connectivity index (χ2v) is 7.98. The number of ether oxygens (including phenoxy) is 1. The van der Waals surface area contributed by atoms with E-state index in [1.54, 1.807) is 0 Å². The first kappa shape index (κ1) is 18.8. The monoisotopic (exact) mass is 310 g/mol. The maximum Gasteiger partial charge on any atom is 0.302 e. The summed E-state index contributed by atoms with van der Waals surface area (Å²) in [5.74, 6) is 1.21. The zero-order valence-electron chi connectivity index (χ0n) is 12.2. The summed E-state index contributed by atoms with van der Waals surface area (Å²) < 4.78 is 28.9. The van der Waals surface area contributed by atoms with Crippen molar-refractivity contribution >= 4 is 27.6 Å². The summed E-state index contributed by atoms with van der Waals surface area (Å²) in [7, 11) is -2.05. The summed E-state index contributed by atoms with van der Waals surface area (Å²) in [4.78, 5) is 10.8. The molecule has 0 unspecified atom stereocenters. The number of carbonyl (C=O) groups is 1. The molecule has 0 spiro atoms. The van der Waals surface area contributed by atoms with Crippen LogP contribution in [0.25, 0.3) is 0 Å². The lowest BCUT2D eigenvalue weighted by Crippen LogP contribution is -2.31. The van der Waals surface area contributed by atoms with Gasteiger partial charge in [-0.05, 0) is 12.8 Å². The first-order valence-electron chi connectivity index (χ1n) is 6.86. The molecule has 0 aliphatic heterocycles. The number of unbranched alkanes of at least 4 members (excludes halogenated alkanes) is 2. The summed E-state index contributed by atoms with van der Waals surface area (Å²) in [5.41, 5.74) is 0. The number of hydrogen-bond donors (Lipinski definition) is 0. The molecular weight excluding hydrogens is 284 g/mol. The molecular formula is C13H26O4S2. The summed E-state index contributed by atoms with van der Waals surface area (Å²) in [6.07, 6.45) is 3.77. The molecule has 3 atom stereocenters. The van der Waals surface area contributed by atoms with E-state index < -0.39 is 21.6 Å². The third-order valence-electron chi connectivity index (χ3n) is 2.64. The third-order valence-corrected chi connectivity index (χ3v) is 6.11. The minimum atomic E-state index is -1.07. The van der Waals surface area contributed by atoms with Crippen LogP contribution in [0.4, 0.5) is 0 Å². The molecule has 0 heterocycles. The highest BCUT2D eigenvalue weighted by atomic mass is 32.2. The molecule has 114 valence electrons. The zero-order valence-corrected chi connectivity index (χ0v) is 13.8. The van der Waals surface area contributed by atoms with E-state index in [0.717, 1.165) is 25.7 Å². The van der Waals surface area contributed by atoms with Gasteiger partial charge in [-0.2, -0.15) is 0 Å². The third kappa shape index (κ3) is 10.2. The van der Waals surface area contributed by atoms with Gasteiger partial charge in [0.25, 0.3) is 0 Å². The van der Waals surface area contributed by atoms with Gasteiger partial charge in [-0.15, -0.1) is 0 Å². The molecule has 0 aliphatic rings. The number of esters is 1. The van der Waals surface area contributed by atoms with Gasteiger partial charge in [0.1, 0.15) is 6.61 Å². The van der Waals surface area contributed by atoms with Crippen LogP contribution in [-0.4, -0.2) is 43.5 Å². The van der Waals surface area contributed by atoms with Gasteiger partial charge >= 0.3 is 5.97 Å². The Kier molecular flexibility index (Phi) is 11.4. The number of carbonyl (C=O) groups excluding carboxylic acids is 1. The molecule has 0 saturated carbocycles. The van der Waals surface area contributed by atoms with Crippen LogP contribution in [0.1, 0.15) is 46.5 Å². The Bertz CT molecular complexity index is 305. The molecule has 0 aromatic rings. The molecule has 0 N–H and O–H groups in total. The number of rotatable bonds is 11. The smallest absolute Gasteiger partial charge is 0.302 e. The summed E-state index contributed by atoms with van der Waals surface area (Å²) in [6, 6.07) is 0. The minimum absolute atomic E-state index is 0.115. The van der Waals surface area contributed by atoms with Crippen molar-refractivity contribution in [2.75, 3.05) is 23.9 Å². The van der Waals surface area contributed by atoms with Crippen molar-refractivity contribution in [2.45, 2.75) is 51.7 Å². The molecule has 0 aromatic carbocycles. The van der Waals surface area contributed by atoms with Crippen LogP contribution in [0.2, 0.25) is 0 Å². The van der Waals surface area contributed by atoms with Gasteiger partial charge < -0.3 is 4.74 Å². The average molecular weight is 310 g/mol. The highest BCUT2D eigenvalue weighted by Crippen LogP contribution is 2.06. The van der Waals surface area contributed by atoms with Crippen LogP contribution < -0.4 is 0 Å². The lowest BCUT2D eigenvalue weighted by molar-refractivity contribution is -0.140. The van der Waals surface area contributed by atoms with Crippen LogP contribution in [0.3, 0.4) is 0 Å². The molecule has 0 rings (SSSR count). The Labute approximate surface area is 121 Å². The fraction of sp³-hybridized carbons (Fsp3) is 0.923. The highest BCUT2D eigenvalue weighted by molar-refractivity contribution is 7.89. The first-order valence-corrected chi connectivity index (χ1v) is 9.73. The predicted octanol–water partition coefficient (Wildman–Crippen LogP) is 2.02. The van der Waals surface area contributed by atoms with Crippen LogP contribution in [-0.2, 0) is 31.1 Å². The maximum absolute atomic E-state index is 12.1. The molecule has 0 fully saturated rings. The van der Waals surface area contributed by atoms with Gasteiger partial charge in [0, 0.05) is 45.8 Å². The molecule has 0 radical (unpaired) electrons. The summed E-state index contributed by atoms with van der Waals surface area (Å²) in [5, 5.41) is -0.298. The maximum atomic E-state index is 12.1. The number of hydrogen-bond acceptors (Lipinski definition) is 4. The van der Waals surface area contributed by atoms with Gasteiger partial charge in [-0.1, -0.05) is 26.7 Å². The molecule has 0 saturated heterocycles. The van der Waals surface area contributed by atoms with E-state index in [1.165, 1.54) is 6.92 Å². The quantitative estimate of drug-likeness (QED) is 0.548. The Morgan fingerprint density at radius 2 is 1.68 bits per heavy atom. The van der Waals surface area contributed by atoms with E-state index in [-0.39, 0.29) is 17.8 Å². The SMILES string of the molecule is CCCC[S@@](=O)C[C@H](COC(C)=O)[S@@](=O)CCCC. The minimum Gasteiger partial charge on any atom is -0.465 e. The molecule has 0 aromatic heterocycles. The second kappa shape index (κ2) is 11.6. The van der Waals surface area contributed by atoms with Crippen molar-refractivity contribution in [2.24, 2.45) is 0 Å². The largest absolute Gasteiger partial charge is 0.465 e. The topological polar surface area (TPSA) is 60.4 Å². The second-order valence-electron chi connectivity index (χ2n) is 4.53. The average Bonchev–Trinajstić information content (AvgIpc) is 2.38. The van der Waals surface area contributed by atoms with Crippen molar-refractivity contribution in [3.63, 3.8) is 0 Å². The van der Waals surface area contributed by atoms with Crippen molar-refractivity contribution in [3.8, 4) is 0 Å². The summed E-state index contributed by atoms with van der Waals surface area (Å²) in [6.45, 7) is 5.54. The molecule has 6 heteroatoms. The van der Waals surface area contributed by atoms with Gasteiger partial charge in [-0.3, -0.25) is 13.2 Å². The van der Waals surface area contributed by atoms with Gasteiger partial charge in [-0.25, -0.2) is 0 Å². The van der Waals surface area contributed by atoms with E-state index in [4.69, 9.17) is 4.74 Å². The van der Waals surface area contributed by atoms with E-state index in [0.29, 0.717) is 17.3 Å². The molecule has 0 aliphatic carbocycles. The van der Waals surface area contributed by atoms with Crippen molar-refractivity contribution < 1.29 is 17.9 Å². The molecule has 19 heavy (non-hydrogen) atoms. The van der Waals surface area contributed by atoms with Crippen LogP contribution in [0.15, 0.2) is 0 Å². The van der Waals surface area contributed by atoms with E-state index in [1.807, 2.05) is 13.8 Å². The lowest BCUT2D eigenvalue weighted by atomic mass is 10.4. The Morgan fingerprint density at radius 3 is 2.21 bits per heavy atom. The zero-order chi connectivity index (χ0) is 14.7. The van der Waals surface area contributed by atoms with E-state index in [9.17, 15) is 13.2 Å². The molecule has 0 amide bonds. The normalized spacial score (nSPS) is 15.7. The van der Waals surface area contributed by atoms with Crippen molar-refractivity contribution in [1.29, 1.82) is 0 Å². The highest BCUT2D eigenvalue weighted by Gasteiger charge is 2.20. The van der Waals surface area contributed by atoms with Crippen LogP contribution in [0, 0.1) is 0 Å². The Morgan fingerprint density at radius 1 is 1.11 bits per heavy atom. The van der Waals surface area contributed by atoms with Gasteiger partial charge in [0.2, 0.25) is 0 Å². The molecule has 4 nitrogen and oxygen atoms in total. The predicted molar refractivity (Wildman–Crippen MR) is 81.1 cm³/mol. The fourth-order valence-corrected chi connectivity index (χ4v) is 4.94. The fourth-order valence-electron chi connectivity index (χ4n) is 1.46. The lowest BCUT2D eigenvalue weighted by Gasteiger charge is -2.16. The Balaban J connectivity index is 4.34. The standard InChI is InChI=1S/C13H26O4S2/c1-4-6-8-18(15)11-13(10-17-12(3)14)19(16)9-7-5-2/h13H,4-11H2,1-3H3/t13-,18+,19-/m0/s1. The van der Waals surface area contributed by atoms with Crippen LogP contribution in [0.5, 0.6) is 0 Å². The van der Waals surface area contributed by atoms with Gasteiger partial charge in [0.05, 0.1) is 5.25 Å². The van der Waals surface area contributed by atoms with E-state index in [2.05, 4.69) is 0 Å². The summed E-state index contributed by atoms with van der Waals surface area (Å²) >= 11 is 0. The van der Waals surface area contributed by atoms with Crippen LogP contribution >= 0.6 is 0 Å². The Hall–Kier alpha value is -0.230. The van der Waals surface area contributed by atoms with Gasteiger partial charge in [0.15, 0.2) is 0 Å². The van der Waals surface area contributed by atoms with Crippen molar-refractivity contribution in [1.82, 2.24) is 0 Å². The first-order chi connectivity index (χ1) is 9.01. The molecule has 0 bridgehead atoms. The van der Waals surface area contributed by atoms with E-state index >= 15 is 0 Å². The van der Waals surface area contributed by atoms with Crippen molar-refractivity contribution in [3.05, 3.63) is 0 Å².